The Morgan fingerprint density at radius 2 is 1.96 bits per heavy atom. The van der Waals surface area contributed by atoms with Crippen LogP contribution in [0.15, 0.2) is 45.9 Å². The summed E-state index contributed by atoms with van der Waals surface area (Å²) >= 11 is 3.40. The van der Waals surface area contributed by atoms with E-state index in [4.69, 9.17) is 0 Å². The van der Waals surface area contributed by atoms with E-state index in [1.165, 1.54) is 0 Å². The van der Waals surface area contributed by atoms with Crippen LogP contribution in [0.5, 0.6) is 0 Å². The molecule has 0 saturated carbocycles. The normalized spacial score (nSPS) is 14.1. The molecule has 2 heterocycles. The molecular formula is C20H16BrFN2O2S. The van der Waals surface area contributed by atoms with Gasteiger partial charge in [-0.3, -0.25) is 4.98 Å². The molecule has 7 heteroatoms. The number of benzene rings is 1. The molecule has 0 radical (unpaired) electrons. The third kappa shape index (κ3) is 3.08. The molecule has 0 N–H and O–H groups in total. The molecule has 0 unspecified atom stereocenters. The van der Waals surface area contributed by atoms with Gasteiger partial charge in [0.25, 0.3) is 0 Å². The SMILES string of the molecule is CCS(=O)(=O)c1cc2ccc(Br)cc2nc1C1=C(F)c2ncc(C)cc2C1. The van der Waals surface area contributed by atoms with Gasteiger partial charge in [0, 0.05) is 28.0 Å². The zero-order chi connectivity index (χ0) is 19.3. The summed E-state index contributed by atoms with van der Waals surface area (Å²) in [7, 11) is -3.58. The summed E-state index contributed by atoms with van der Waals surface area (Å²) in [5.41, 5.74) is 3.01. The predicted octanol–water partition coefficient (Wildman–Crippen LogP) is 4.89. The molecule has 0 fully saturated rings. The molecule has 0 bridgehead atoms. The molecular weight excluding hydrogens is 431 g/mol. The first-order chi connectivity index (χ1) is 12.8. The van der Waals surface area contributed by atoms with Crippen LogP contribution in [0, 0.1) is 6.92 Å². The molecule has 0 aliphatic heterocycles. The number of allylic oxidation sites excluding steroid dienone is 1. The zero-order valence-corrected chi connectivity index (χ0v) is 17.2. The minimum Gasteiger partial charge on any atom is -0.253 e. The second-order valence-corrected chi connectivity index (χ2v) is 9.73. The van der Waals surface area contributed by atoms with Crippen molar-refractivity contribution in [2.75, 3.05) is 5.75 Å². The third-order valence-corrected chi connectivity index (χ3v) is 6.92. The lowest BCUT2D eigenvalue weighted by molar-refractivity contribution is 0.596. The number of rotatable bonds is 3. The Balaban J connectivity index is 2.01. The van der Waals surface area contributed by atoms with Gasteiger partial charge in [-0.25, -0.2) is 17.8 Å². The first-order valence-corrected chi connectivity index (χ1v) is 10.9. The summed E-state index contributed by atoms with van der Waals surface area (Å²) < 4.78 is 41.4. The number of nitrogens with zero attached hydrogens (tertiary/aromatic N) is 2. The highest BCUT2D eigenvalue weighted by Gasteiger charge is 2.30. The van der Waals surface area contributed by atoms with Gasteiger partial charge in [-0.1, -0.05) is 35.0 Å². The van der Waals surface area contributed by atoms with Crippen molar-refractivity contribution in [1.29, 1.82) is 0 Å². The Bertz CT molecular complexity index is 1240. The number of hydrogen-bond acceptors (Lipinski definition) is 4. The van der Waals surface area contributed by atoms with Gasteiger partial charge in [-0.05, 0) is 36.2 Å². The molecule has 138 valence electrons. The third-order valence-electron chi connectivity index (χ3n) is 4.69. The fourth-order valence-electron chi connectivity index (χ4n) is 3.29. The lowest BCUT2D eigenvalue weighted by Crippen LogP contribution is -2.09. The van der Waals surface area contributed by atoms with E-state index in [9.17, 15) is 8.42 Å². The quantitative estimate of drug-likeness (QED) is 0.574. The van der Waals surface area contributed by atoms with Crippen molar-refractivity contribution in [2.45, 2.75) is 25.2 Å². The van der Waals surface area contributed by atoms with Crippen LogP contribution in [0.2, 0.25) is 0 Å². The average molecular weight is 447 g/mol. The van der Waals surface area contributed by atoms with Crippen LogP contribution in [0.4, 0.5) is 4.39 Å². The van der Waals surface area contributed by atoms with E-state index in [1.54, 1.807) is 31.3 Å². The van der Waals surface area contributed by atoms with Gasteiger partial charge < -0.3 is 0 Å². The van der Waals surface area contributed by atoms with E-state index in [0.717, 1.165) is 15.6 Å². The highest BCUT2D eigenvalue weighted by atomic mass is 79.9. The average Bonchev–Trinajstić information content (AvgIpc) is 2.96. The largest absolute Gasteiger partial charge is 0.253 e. The maximum absolute atomic E-state index is 15.1. The number of sulfone groups is 1. The van der Waals surface area contributed by atoms with E-state index in [2.05, 4.69) is 25.9 Å². The highest BCUT2D eigenvalue weighted by Crippen LogP contribution is 2.40. The lowest BCUT2D eigenvalue weighted by atomic mass is 10.1. The van der Waals surface area contributed by atoms with E-state index in [0.29, 0.717) is 10.9 Å². The molecule has 1 aliphatic carbocycles. The lowest BCUT2D eigenvalue weighted by Gasteiger charge is -2.12. The summed E-state index contributed by atoms with van der Waals surface area (Å²) in [6, 6.07) is 8.88. The van der Waals surface area contributed by atoms with Gasteiger partial charge in [-0.2, -0.15) is 0 Å². The Hall–Kier alpha value is -2.12. The number of pyridine rings is 2. The molecule has 27 heavy (non-hydrogen) atoms. The van der Waals surface area contributed by atoms with Crippen molar-refractivity contribution in [3.8, 4) is 0 Å². The molecule has 1 aromatic carbocycles. The molecule has 2 aromatic heterocycles. The first-order valence-electron chi connectivity index (χ1n) is 8.48. The van der Waals surface area contributed by atoms with Crippen LogP contribution in [-0.2, 0) is 16.3 Å². The summed E-state index contributed by atoms with van der Waals surface area (Å²) in [4.78, 5) is 8.80. The Kier molecular flexibility index (Phi) is 4.39. The molecule has 3 aromatic rings. The molecule has 4 rings (SSSR count). The van der Waals surface area contributed by atoms with Crippen LogP contribution in [0.25, 0.3) is 22.3 Å². The molecule has 0 spiro atoms. The van der Waals surface area contributed by atoms with Crippen molar-refractivity contribution in [1.82, 2.24) is 9.97 Å². The Morgan fingerprint density at radius 3 is 2.70 bits per heavy atom. The van der Waals surface area contributed by atoms with Crippen molar-refractivity contribution >= 4 is 48.1 Å². The van der Waals surface area contributed by atoms with E-state index >= 15 is 4.39 Å². The Morgan fingerprint density at radius 1 is 1.19 bits per heavy atom. The molecule has 0 atom stereocenters. The molecule has 1 aliphatic rings. The van der Waals surface area contributed by atoms with E-state index < -0.39 is 15.7 Å². The van der Waals surface area contributed by atoms with Gasteiger partial charge >= 0.3 is 0 Å². The minimum absolute atomic E-state index is 0.0644. The van der Waals surface area contributed by atoms with E-state index in [1.807, 2.05) is 19.1 Å². The van der Waals surface area contributed by atoms with Crippen LogP contribution in [0.3, 0.4) is 0 Å². The van der Waals surface area contributed by atoms with Gasteiger partial charge in [-0.15, -0.1) is 0 Å². The van der Waals surface area contributed by atoms with Gasteiger partial charge in [0.05, 0.1) is 21.9 Å². The zero-order valence-electron chi connectivity index (χ0n) is 14.8. The van der Waals surface area contributed by atoms with Crippen molar-refractivity contribution < 1.29 is 12.8 Å². The first kappa shape index (κ1) is 18.3. The van der Waals surface area contributed by atoms with Crippen molar-refractivity contribution in [2.24, 2.45) is 0 Å². The number of fused-ring (bicyclic) bond motifs is 2. The molecule has 0 saturated heterocycles. The van der Waals surface area contributed by atoms with Crippen LogP contribution in [0.1, 0.15) is 29.4 Å². The van der Waals surface area contributed by atoms with Crippen LogP contribution in [-0.4, -0.2) is 24.1 Å². The van der Waals surface area contributed by atoms with E-state index in [-0.39, 0.29) is 34.0 Å². The maximum Gasteiger partial charge on any atom is 0.180 e. The second-order valence-electron chi connectivity index (χ2n) is 6.57. The summed E-state index contributed by atoms with van der Waals surface area (Å²) in [6.45, 7) is 3.46. The molecule has 4 nitrogen and oxygen atoms in total. The summed E-state index contributed by atoms with van der Waals surface area (Å²) in [5.74, 6) is -0.581. The second kappa shape index (κ2) is 6.49. The predicted molar refractivity (Wildman–Crippen MR) is 108 cm³/mol. The van der Waals surface area contributed by atoms with Crippen molar-refractivity contribution in [3.05, 3.63) is 63.5 Å². The highest BCUT2D eigenvalue weighted by molar-refractivity contribution is 9.10. The summed E-state index contributed by atoms with van der Waals surface area (Å²) in [6.07, 6.45) is 1.88. The van der Waals surface area contributed by atoms with Gasteiger partial charge in [0.1, 0.15) is 5.69 Å². The van der Waals surface area contributed by atoms with Gasteiger partial charge in [0.2, 0.25) is 0 Å². The Labute approximate surface area is 165 Å². The maximum atomic E-state index is 15.1. The number of aromatic nitrogens is 2. The number of halogens is 2. The number of aryl methyl sites for hydroxylation is 1. The molecule has 0 amide bonds. The van der Waals surface area contributed by atoms with Crippen LogP contribution >= 0.6 is 15.9 Å². The van der Waals surface area contributed by atoms with Crippen LogP contribution < -0.4 is 0 Å². The summed E-state index contributed by atoms with van der Waals surface area (Å²) in [5, 5.41) is 0.694. The topological polar surface area (TPSA) is 59.9 Å². The number of hydrogen-bond donors (Lipinski definition) is 0. The minimum atomic E-state index is -3.58. The monoisotopic (exact) mass is 446 g/mol. The fraction of sp³-hybridized carbons (Fsp3) is 0.200. The smallest absolute Gasteiger partial charge is 0.180 e. The standard InChI is InChI=1S/C20H16BrFN2O2S/c1-3-27(25,26)17-8-12-4-5-14(21)9-16(12)24-20(17)15-7-13-6-11(2)10-23-19(13)18(15)22/h4-6,8-10H,3,7H2,1-2H3. The van der Waals surface area contributed by atoms with Gasteiger partial charge in [0.15, 0.2) is 15.7 Å². The fourth-order valence-corrected chi connectivity index (χ4v) is 4.72. The van der Waals surface area contributed by atoms with Crippen molar-refractivity contribution in [3.63, 3.8) is 0 Å².